The van der Waals surface area contributed by atoms with Crippen molar-refractivity contribution in [2.75, 3.05) is 0 Å². The summed E-state index contributed by atoms with van der Waals surface area (Å²) in [5, 5.41) is 12.2. The van der Waals surface area contributed by atoms with Gasteiger partial charge in [0.05, 0.1) is 5.52 Å². The van der Waals surface area contributed by atoms with E-state index in [0.717, 1.165) is 48.7 Å². The van der Waals surface area contributed by atoms with Crippen LogP contribution < -0.4 is 10.6 Å². The first kappa shape index (κ1) is 20.4. The molecule has 2 heterocycles. The molecule has 7 heteroatoms. The van der Waals surface area contributed by atoms with Gasteiger partial charge < -0.3 is 10.6 Å². The molecular weight excluding hydrogens is 414 g/mol. The van der Waals surface area contributed by atoms with Gasteiger partial charge in [-0.2, -0.15) is 5.10 Å². The number of rotatable bonds is 4. The van der Waals surface area contributed by atoms with E-state index in [1.165, 1.54) is 6.42 Å². The van der Waals surface area contributed by atoms with Crippen LogP contribution in [0.3, 0.4) is 0 Å². The minimum atomic E-state index is -0.299. The Kier molecular flexibility index (Phi) is 4.41. The molecule has 0 radical (unpaired) electrons. The quantitative estimate of drug-likeness (QED) is 0.646. The molecule has 7 nitrogen and oxygen atoms in total. The molecule has 0 spiro atoms. The molecule has 2 N–H and O–H groups in total. The van der Waals surface area contributed by atoms with Crippen LogP contribution in [0.25, 0.3) is 10.9 Å². The van der Waals surface area contributed by atoms with Gasteiger partial charge >= 0.3 is 0 Å². The smallest absolute Gasteiger partial charge is 0.272 e. The normalized spacial score (nSPS) is 29.9. The lowest BCUT2D eigenvalue weighted by Gasteiger charge is -2.62. The van der Waals surface area contributed by atoms with E-state index in [9.17, 15) is 9.59 Å². The molecule has 7 rings (SSSR count). The van der Waals surface area contributed by atoms with Gasteiger partial charge in [0.25, 0.3) is 11.8 Å². The fourth-order valence-corrected chi connectivity index (χ4v) is 7.21. The lowest BCUT2D eigenvalue weighted by atomic mass is 9.49. The average molecular weight is 444 g/mol. The molecule has 4 aliphatic carbocycles. The standard InChI is InChI=1S/C26H29N5O2/c1-16-6-5-8-20(27-16)23(32)28-25-11-17-10-18(12-25)14-26(13-17,15-25)29-24(33)22-19-7-3-4-9-21(19)31(2)30-22/h3-9,17-18H,10-15H2,1-2H3,(H,28,32)(H,29,33). The molecule has 33 heavy (non-hydrogen) atoms. The number of hydrogen-bond acceptors (Lipinski definition) is 4. The molecule has 0 saturated heterocycles. The first-order chi connectivity index (χ1) is 15.8. The predicted octanol–water partition coefficient (Wildman–Crippen LogP) is 3.53. The first-order valence-corrected chi connectivity index (χ1v) is 11.8. The molecule has 2 aromatic heterocycles. The number of benzene rings is 1. The third-order valence-corrected chi connectivity index (χ3v) is 7.91. The summed E-state index contributed by atoms with van der Waals surface area (Å²) in [6.45, 7) is 1.90. The highest BCUT2D eigenvalue weighted by atomic mass is 16.2. The number of nitrogens with one attached hydrogen (secondary N) is 2. The van der Waals surface area contributed by atoms with E-state index in [-0.39, 0.29) is 22.9 Å². The summed E-state index contributed by atoms with van der Waals surface area (Å²) in [7, 11) is 1.87. The van der Waals surface area contributed by atoms with Crippen molar-refractivity contribution in [3.8, 4) is 0 Å². The minimum absolute atomic E-state index is 0.113. The van der Waals surface area contributed by atoms with Gasteiger partial charge in [-0.1, -0.05) is 24.3 Å². The van der Waals surface area contributed by atoms with Crippen LogP contribution in [0.15, 0.2) is 42.5 Å². The van der Waals surface area contributed by atoms with E-state index in [0.29, 0.717) is 23.2 Å². The summed E-state index contributed by atoms with van der Waals surface area (Å²) >= 11 is 0. The number of para-hydroxylation sites is 1. The highest BCUT2D eigenvalue weighted by Gasteiger charge is 2.59. The molecule has 4 saturated carbocycles. The van der Waals surface area contributed by atoms with Crippen LogP contribution >= 0.6 is 0 Å². The Labute approximate surface area is 193 Å². The van der Waals surface area contributed by atoms with E-state index < -0.39 is 0 Å². The number of carbonyl (C=O) groups excluding carboxylic acids is 2. The zero-order valence-corrected chi connectivity index (χ0v) is 19.1. The van der Waals surface area contributed by atoms with Crippen LogP contribution in [0.1, 0.15) is 65.2 Å². The Morgan fingerprint density at radius 3 is 2.30 bits per heavy atom. The first-order valence-electron chi connectivity index (χ1n) is 11.8. The van der Waals surface area contributed by atoms with Gasteiger partial charge in [0.1, 0.15) is 5.69 Å². The SMILES string of the molecule is Cc1cccc(C(=O)NC23CC4CC(C2)CC(NC(=O)c2nn(C)c5ccccc25)(C4)C3)n1. The molecule has 1 aromatic carbocycles. The number of carbonyl (C=O) groups is 2. The molecule has 4 bridgehead atoms. The Morgan fingerprint density at radius 1 is 0.939 bits per heavy atom. The molecule has 3 aromatic rings. The van der Waals surface area contributed by atoms with Crippen molar-refractivity contribution in [1.29, 1.82) is 0 Å². The molecule has 4 aliphatic rings. The summed E-state index contributed by atoms with van der Waals surface area (Å²) in [6.07, 6.45) is 5.85. The van der Waals surface area contributed by atoms with Gasteiger partial charge in [0, 0.05) is 29.2 Å². The van der Waals surface area contributed by atoms with Crippen LogP contribution in [-0.2, 0) is 7.05 Å². The molecule has 170 valence electrons. The van der Waals surface area contributed by atoms with Gasteiger partial charge in [-0.05, 0) is 75.5 Å². The van der Waals surface area contributed by atoms with Gasteiger partial charge in [-0.15, -0.1) is 0 Å². The van der Waals surface area contributed by atoms with Crippen molar-refractivity contribution in [2.24, 2.45) is 18.9 Å². The van der Waals surface area contributed by atoms with Crippen molar-refractivity contribution < 1.29 is 9.59 Å². The number of aryl methyl sites for hydroxylation is 2. The second-order valence-electron chi connectivity index (χ2n) is 10.6. The summed E-state index contributed by atoms with van der Waals surface area (Å²) in [4.78, 5) is 31.0. The molecule has 0 aliphatic heterocycles. The second-order valence-corrected chi connectivity index (χ2v) is 10.6. The van der Waals surface area contributed by atoms with E-state index in [2.05, 4.69) is 20.7 Å². The summed E-state index contributed by atoms with van der Waals surface area (Å²) in [5.41, 5.74) is 2.14. The van der Waals surface area contributed by atoms with Crippen molar-refractivity contribution in [2.45, 2.75) is 56.5 Å². The minimum Gasteiger partial charge on any atom is -0.345 e. The highest BCUT2D eigenvalue weighted by Crippen LogP contribution is 2.57. The van der Waals surface area contributed by atoms with E-state index >= 15 is 0 Å². The van der Waals surface area contributed by atoms with Crippen LogP contribution in [0.5, 0.6) is 0 Å². The third kappa shape index (κ3) is 3.41. The molecule has 2 unspecified atom stereocenters. The topological polar surface area (TPSA) is 88.9 Å². The molecule has 2 amide bonds. The van der Waals surface area contributed by atoms with Gasteiger partial charge in [0.2, 0.25) is 0 Å². The lowest BCUT2D eigenvalue weighted by Crippen LogP contribution is -2.69. The maximum atomic E-state index is 13.5. The summed E-state index contributed by atoms with van der Waals surface area (Å²) in [6, 6.07) is 13.4. The zero-order chi connectivity index (χ0) is 22.8. The molecule has 4 fully saturated rings. The number of nitrogens with zero attached hydrogens (tertiary/aromatic N) is 3. The fourth-order valence-electron chi connectivity index (χ4n) is 7.21. The Hall–Kier alpha value is -3.22. The third-order valence-electron chi connectivity index (χ3n) is 7.91. The summed E-state index contributed by atoms with van der Waals surface area (Å²) in [5.74, 6) is 0.795. The predicted molar refractivity (Wildman–Crippen MR) is 125 cm³/mol. The average Bonchev–Trinajstić information content (AvgIpc) is 3.09. The number of pyridine rings is 1. The largest absolute Gasteiger partial charge is 0.345 e. The molecular formula is C26H29N5O2. The Balaban J connectivity index is 1.27. The number of fused-ring (bicyclic) bond motifs is 1. The monoisotopic (exact) mass is 443 g/mol. The van der Waals surface area contributed by atoms with E-state index in [4.69, 9.17) is 0 Å². The van der Waals surface area contributed by atoms with Crippen LogP contribution in [0.4, 0.5) is 0 Å². The lowest BCUT2D eigenvalue weighted by molar-refractivity contribution is -0.0449. The molecule has 2 atom stereocenters. The number of aromatic nitrogens is 3. The fraction of sp³-hybridized carbons (Fsp3) is 0.462. The number of hydrogen-bond donors (Lipinski definition) is 2. The van der Waals surface area contributed by atoms with Gasteiger partial charge in [-0.3, -0.25) is 14.3 Å². The van der Waals surface area contributed by atoms with Crippen LogP contribution in [0.2, 0.25) is 0 Å². The van der Waals surface area contributed by atoms with Crippen molar-refractivity contribution >= 4 is 22.7 Å². The maximum Gasteiger partial charge on any atom is 0.272 e. The van der Waals surface area contributed by atoms with Crippen LogP contribution in [0, 0.1) is 18.8 Å². The maximum absolute atomic E-state index is 13.5. The van der Waals surface area contributed by atoms with Crippen molar-refractivity contribution in [3.63, 3.8) is 0 Å². The summed E-state index contributed by atoms with van der Waals surface area (Å²) < 4.78 is 1.76. The van der Waals surface area contributed by atoms with Crippen molar-refractivity contribution in [3.05, 3.63) is 59.5 Å². The Bertz CT molecular complexity index is 1260. The number of amides is 2. The second kappa shape index (κ2) is 7.14. The van der Waals surface area contributed by atoms with Crippen LogP contribution in [-0.4, -0.2) is 37.7 Å². The van der Waals surface area contributed by atoms with Crippen molar-refractivity contribution in [1.82, 2.24) is 25.4 Å². The van der Waals surface area contributed by atoms with Gasteiger partial charge in [-0.25, -0.2) is 4.98 Å². The zero-order valence-electron chi connectivity index (χ0n) is 19.1. The van der Waals surface area contributed by atoms with Gasteiger partial charge in [0.15, 0.2) is 5.69 Å². The highest BCUT2D eigenvalue weighted by molar-refractivity contribution is 6.05. The van der Waals surface area contributed by atoms with E-state index in [1.807, 2.05) is 50.4 Å². The Morgan fingerprint density at radius 2 is 1.61 bits per heavy atom. The van der Waals surface area contributed by atoms with E-state index in [1.54, 1.807) is 10.7 Å².